The summed E-state index contributed by atoms with van der Waals surface area (Å²) in [5, 5.41) is 9.40. The van der Waals surface area contributed by atoms with E-state index in [2.05, 4.69) is 6.92 Å². The van der Waals surface area contributed by atoms with E-state index in [0.29, 0.717) is 11.8 Å². The smallest absolute Gasteiger partial charge is 0.233 e. The van der Waals surface area contributed by atoms with Gasteiger partial charge in [-0.25, -0.2) is 0 Å². The Balaban J connectivity index is 1.89. The lowest BCUT2D eigenvalue weighted by Gasteiger charge is -2.35. The van der Waals surface area contributed by atoms with E-state index in [1.54, 1.807) is 18.2 Å². The van der Waals surface area contributed by atoms with Gasteiger partial charge in [-0.3, -0.25) is 4.79 Å². The molecule has 0 spiro atoms. The molecule has 1 saturated heterocycles. The summed E-state index contributed by atoms with van der Waals surface area (Å²) in [5.74, 6) is 0.932. The van der Waals surface area contributed by atoms with Crippen molar-refractivity contribution < 1.29 is 9.90 Å². The highest BCUT2D eigenvalue weighted by molar-refractivity contribution is 8.00. The number of carbonyl (C=O) groups is 1. The van der Waals surface area contributed by atoms with Crippen LogP contribution in [0.3, 0.4) is 0 Å². The number of phenolic OH excluding ortho intramolecular Hbond substituents is 1. The van der Waals surface area contributed by atoms with Crippen LogP contribution in [0.2, 0.25) is 0 Å². The van der Waals surface area contributed by atoms with Gasteiger partial charge < -0.3 is 10.0 Å². The second kappa shape index (κ2) is 6.85. The van der Waals surface area contributed by atoms with E-state index in [4.69, 9.17) is 0 Å². The van der Waals surface area contributed by atoms with Crippen LogP contribution in [0.4, 0.5) is 0 Å². The standard InChI is InChI=1S/C15H21NO2S/c1-2-12-6-3-4-9-16(12)15(18)11-19-14-8-5-7-13(17)10-14/h5,7-8,10,12,17H,2-4,6,9,11H2,1H3. The number of carbonyl (C=O) groups excluding carboxylic acids is 1. The lowest BCUT2D eigenvalue weighted by atomic mass is 10.0. The number of hydrogen-bond acceptors (Lipinski definition) is 3. The number of hydrogen-bond donors (Lipinski definition) is 1. The monoisotopic (exact) mass is 279 g/mol. The second-order valence-electron chi connectivity index (χ2n) is 4.93. The molecular formula is C15H21NO2S. The summed E-state index contributed by atoms with van der Waals surface area (Å²) in [4.78, 5) is 15.3. The van der Waals surface area contributed by atoms with Crippen LogP contribution < -0.4 is 0 Å². The SMILES string of the molecule is CCC1CCCCN1C(=O)CSc1cccc(O)c1. The maximum Gasteiger partial charge on any atom is 0.233 e. The number of phenols is 1. The molecule has 1 N–H and O–H groups in total. The van der Waals surface area contributed by atoms with Crippen molar-refractivity contribution in [3.8, 4) is 5.75 Å². The van der Waals surface area contributed by atoms with Crippen LogP contribution in [0.25, 0.3) is 0 Å². The molecule has 1 fully saturated rings. The summed E-state index contributed by atoms with van der Waals surface area (Å²) < 4.78 is 0. The molecule has 0 saturated carbocycles. The largest absolute Gasteiger partial charge is 0.508 e. The lowest BCUT2D eigenvalue weighted by Crippen LogP contribution is -2.44. The van der Waals surface area contributed by atoms with Crippen molar-refractivity contribution in [3.63, 3.8) is 0 Å². The molecular weight excluding hydrogens is 258 g/mol. The lowest BCUT2D eigenvalue weighted by molar-refractivity contribution is -0.132. The Morgan fingerprint density at radius 3 is 3.05 bits per heavy atom. The first-order chi connectivity index (χ1) is 9.20. The van der Waals surface area contributed by atoms with Gasteiger partial charge in [0.2, 0.25) is 5.91 Å². The minimum Gasteiger partial charge on any atom is -0.508 e. The van der Waals surface area contributed by atoms with Crippen LogP contribution >= 0.6 is 11.8 Å². The van der Waals surface area contributed by atoms with Crippen LogP contribution in [-0.2, 0) is 4.79 Å². The second-order valence-corrected chi connectivity index (χ2v) is 5.98. The molecule has 1 atom stereocenters. The van der Waals surface area contributed by atoms with Gasteiger partial charge in [0.1, 0.15) is 5.75 Å². The third kappa shape index (κ3) is 3.90. The Morgan fingerprint density at radius 1 is 1.47 bits per heavy atom. The number of nitrogens with zero attached hydrogens (tertiary/aromatic N) is 1. The molecule has 0 aromatic heterocycles. The van der Waals surface area contributed by atoms with E-state index in [-0.39, 0.29) is 11.7 Å². The van der Waals surface area contributed by atoms with Gasteiger partial charge in [0.25, 0.3) is 0 Å². The molecule has 1 heterocycles. The number of amides is 1. The molecule has 19 heavy (non-hydrogen) atoms. The van der Waals surface area contributed by atoms with Crippen molar-refractivity contribution in [3.05, 3.63) is 24.3 Å². The summed E-state index contributed by atoms with van der Waals surface area (Å²) >= 11 is 1.50. The summed E-state index contributed by atoms with van der Waals surface area (Å²) in [5.41, 5.74) is 0. The zero-order chi connectivity index (χ0) is 13.7. The van der Waals surface area contributed by atoms with Crippen LogP contribution in [-0.4, -0.2) is 34.3 Å². The van der Waals surface area contributed by atoms with Crippen molar-refractivity contribution in [2.24, 2.45) is 0 Å². The molecule has 1 aliphatic heterocycles. The molecule has 1 aromatic rings. The number of aromatic hydroxyl groups is 1. The molecule has 1 unspecified atom stereocenters. The fourth-order valence-electron chi connectivity index (χ4n) is 2.55. The first kappa shape index (κ1) is 14.3. The van der Waals surface area contributed by atoms with Crippen molar-refractivity contribution in [1.29, 1.82) is 0 Å². The normalized spacial score (nSPS) is 19.4. The van der Waals surface area contributed by atoms with Gasteiger partial charge in [0.05, 0.1) is 5.75 Å². The summed E-state index contributed by atoms with van der Waals surface area (Å²) in [6.45, 7) is 3.05. The predicted octanol–water partition coefficient (Wildman–Crippen LogP) is 3.28. The zero-order valence-electron chi connectivity index (χ0n) is 11.3. The van der Waals surface area contributed by atoms with Crippen LogP contribution in [0.5, 0.6) is 5.75 Å². The third-order valence-corrected chi connectivity index (χ3v) is 4.58. The maximum absolute atomic E-state index is 12.3. The molecule has 1 aromatic carbocycles. The highest BCUT2D eigenvalue weighted by Gasteiger charge is 2.24. The first-order valence-corrected chi connectivity index (χ1v) is 7.90. The van der Waals surface area contributed by atoms with E-state index in [1.165, 1.54) is 18.2 Å². The van der Waals surface area contributed by atoms with E-state index >= 15 is 0 Å². The van der Waals surface area contributed by atoms with Crippen molar-refractivity contribution in [1.82, 2.24) is 4.90 Å². The molecule has 104 valence electrons. The predicted molar refractivity (Wildman–Crippen MR) is 78.5 cm³/mol. The van der Waals surface area contributed by atoms with E-state index in [1.807, 2.05) is 11.0 Å². The molecule has 2 rings (SSSR count). The van der Waals surface area contributed by atoms with Crippen molar-refractivity contribution in [2.75, 3.05) is 12.3 Å². The quantitative estimate of drug-likeness (QED) is 0.860. The Labute approximate surface area is 119 Å². The summed E-state index contributed by atoms with van der Waals surface area (Å²) in [7, 11) is 0. The van der Waals surface area contributed by atoms with Crippen LogP contribution in [0.15, 0.2) is 29.2 Å². The van der Waals surface area contributed by atoms with E-state index < -0.39 is 0 Å². The van der Waals surface area contributed by atoms with Gasteiger partial charge >= 0.3 is 0 Å². The fourth-order valence-corrected chi connectivity index (χ4v) is 3.39. The topological polar surface area (TPSA) is 40.5 Å². The van der Waals surface area contributed by atoms with Gasteiger partial charge in [-0.15, -0.1) is 11.8 Å². The molecule has 0 aliphatic carbocycles. The summed E-state index contributed by atoms with van der Waals surface area (Å²) in [6, 6.07) is 7.49. The average Bonchev–Trinajstić information content (AvgIpc) is 2.45. The van der Waals surface area contributed by atoms with Crippen molar-refractivity contribution >= 4 is 17.7 Å². The third-order valence-electron chi connectivity index (χ3n) is 3.60. The maximum atomic E-state index is 12.3. The fraction of sp³-hybridized carbons (Fsp3) is 0.533. The Morgan fingerprint density at radius 2 is 2.32 bits per heavy atom. The minimum absolute atomic E-state index is 0.222. The van der Waals surface area contributed by atoms with Gasteiger partial charge in [0.15, 0.2) is 0 Å². The number of piperidine rings is 1. The number of likely N-dealkylation sites (tertiary alicyclic amines) is 1. The molecule has 4 heteroatoms. The van der Waals surface area contributed by atoms with E-state index in [9.17, 15) is 9.90 Å². The van der Waals surface area contributed by atoms with E-state index in [0.717, 1.165) is 30.7 Å². The number of rotatable bonds is 4. The minimum atomic E-state index is 0.222. The highest BCUT2D eigenvalue weighted by atomic mass is 32.2. The molecule has 0 bridgehead atoms. The molecule has 1 amide bonds. The van der Waals surface area contributed by atoms with Crippen LogP contribution in [0, 0.1) is 0 Å². The Bertz CT molecular complexity index is 436. The van der Waals surface area contributed by atoms with Gasteiger partial charge in [-0.2, -0.15) is 0 Å². The zero-order valence-corrected chi connectivity index (χ0v) is 12.2. The average molecular weight is 279 g/mol. The van der Waals surface area contributed by atoms with Gasteiger partial charge in [-0.1, -0.05) is 13.0 Å². The first-order valence-electron chi connectivity index (χ1n) is 6.92. The van der Waals surface area contributed by atoms with Crippen molar-refractivity contribution in [2.45, 2.75) is 43.5 Å². The summed E-state index contributed by atoms with van der Waals surface area (Å²) in [6.07, 6.45) is 4.54. The molecule has 3 nitrogen and oxygen atoms in total. The number of benzene rings is 1. The van der Waals surface area contributed by atoms with Gasteiger partial charge in [-0.05, 0) is 43.9 Å². The van der Waals surface area contributed by atoms with Gasteiger partial charge in [0, 0.05) is 17.5 Å². The Kier molecular flexibility index (Phi) is 5.14. The molecule has 1 aliphatic rings. The molecule has 0 radical (unpaired) electrons. The number of thioether (sulfide) groups is 1. The van der Waals surface area contributed by atoms with Crippen LogP contribution in [0.1, 0.15) is 32.6 Å². The highest BCUT2D eigenvalue weighted by Crippen LogP contribution is 2.25. The Hall–Kier alpha value is -1.16.